The van der Waals surface area contributed by atoms with E-state index in [4.69, 9.17) is 15.3 Å². The number of amides is 2. The number of carbonyl (C=O) groups is 2. The normalized spacial score (nSPS) is 18.5. The summed E-state index contributed by atoms with van der Waals surface area (Å²) in [5.74, 6) is -4.47. The summed E-state index contributed by atoms with van der Waals surface area (Å²) in [5, 5.41) is 27.2. The van der Waals surface area contributed by atoms with Gasteiger partial charge in [0.15, 0.2) is 0 Å². The molecule has 1 aliphatic rings. The average Bonchev–Trinajstić information content (AvgIpc) is 2.24. The predicted molar refractivity (Wildman–Crippen MR) is 49.1 cm³/mol. The standard InChI is InChI=1S/C9H13NO5/c1-5-4-6(11)10(7(5)12)8(2,3)9(13,14)15/h4,13-15H,1-3H3. The summed E-state index contributed by atoms with van der Waals surface area (Å²) in [5.41, 5.74) is -1.62. The van der Waals surface area contributed by atoms with Crippen molar-refractivity contribution < 1.29 is 24.9 Å². The third-order valence-corrected chi connectivity index (χ3v) is 2.48. The first-order valence-corrected chi connectivity index (χ1v) is 4.33. The lowest BCUT2D eigenvalue weighted by atomic mass is 9.99. The molecule has 0 spiro atoms. The van der Waals surface area contributed by atoms with Crippen LogP contribution in [0, 0.1) is 0 Å². The Kier molecular flexibility index (Phi) is 2.47. The van der Waals surface area contributed by atoms with Crippen LogP contribution in [0.4, 0.5) is 0 Å². The molecule has 6 heteroatoms. The van der Waals surface area contributed by atoms with Crippen LogP contribution >= 0.6 is 0 Å². The molecule has 3 N–H and O–H groups in total. The van der Waals surface area contributed by atoms with Gasteiger partial charge < -0.3 is 15.3 Å². The largest absolute Gasteiger partial charge is 0.342 e. The lowest BCUT2D eigenvalue weighted by molar-refractivity contribution is -0.359. The number of imide groups is 1. The number of rotatable bonds is 2. The van der Waals surface area contributed by atoms with E-state index < -0.39 is 23.3 Å². The fourth-order valence-corrected chi connectivity index (χ4v) is 1.27. The quantitative estimate of drug-likeness (QED) is 0.393. The first-order chi connectivity index (χ1) is 6.59. The summed E-state index contributed by atoms with van der Waals surface area (Å²) in [7, 11) is 0. The molecule has 1 heterocycles. The van der Waals surface area contributed by atoms with Gasteiger partial charge in [0.05, 0.1) is 0 Å². The zero-order valence-corrected chi connectivity index (χ0v) is 8.68. The molecule has 0 radical (unpaired) electrons. The summed E-state index contributed by atoms with van der Waals surface area (Å²) in [6, 6.07) is 0. The molecule has 1 rings (SSSR count). The van der Waals surface area contributed by atoms with Crippen LogP contribution < -0.4 is 0 Å². The molecule has 0 saturated heterocycles. The highest BCUT2D eigenvalue weighted by Gasteiger charge is 2.51. The molecule has 0 bridgehead atoms. The smallest absolute Gasteiger partial charge is 0.300 e. The molecule has 0 saturated carbocycles. The fourth-order valence-electron chi connectivity index (χ4n) is 1.27. The van der Waals surface area contributed by atoms with Crippen molar-refractivity contribution in [1.29, 1.82) is 0 Å². The second-order valence-corrected chi connectivity index (χ2v) is 4.00. The Morgan fingerprint density at radius 1 is 1.20 bits per heavy atom. The lowest BCUT2D eigenvalue weighted by Crippen LogP contribution is -2.62. The van der Waals surface area contributed by atoms with Gasteiger partial charge in [-0.3, -0.25) is 14.5 Å². The molecule has 1 aliphatic heterocycles. The van der Waals surface area contributed by atoms with Gasteiger partial charge in [-0.15, -0.1) is 0 Å². The van der Waals surface area contributed by atoms with E-state index in [1.165, 1.54) is 20.8 Å². The Balaban J connectivity index is 3.12. The Morgan fingerprint density at radius 3 is 1.93 bits per heavy atom. The molecule has 0 unspecified atom stereocenters. The third-order valence-electron chi connectivity index (χ3n) is 2.48. The number of hydrogen-bond acceptors (Lipinski definition) is 5. The first kappa shape index (κ1) is 11.8. The summed E-state index contributed by atoms with van der Waals surface area (Å²) < 4.78 is 0. The van der Waals surface area contributed by atoms with Crippen molar-refractivity contribution in [3.8, 4) is 0 Å². The van der Waals surface area contributed by atoms with Gasteiger partial charge in [0, 0.05) is 11.6 Å². The molecule has 2 amide bonds. The van der Waals surface area contributed by atoms with Crippen LogP contribution in [0.3, 0.4) is 0 Å². The van der Waals surface area contributed by atoms with Crippen LogP contribution in [0.2, 0.25) is 0 Å². The van der Waals surface area contributed by atoms with E-state index in [1.54, 1.807) is 0 Å². The zero-order chi connectivity index (χ0) is 12.0. The maximum Gasteiger partial charge on any atom is 0.300 e. The fraction of sp³-hybridized carbons (Fsp3) is 0.556. The van der Waals surface area contributed by atoms with Crippen molar-refractivity contribution in [2.24, 2.45) is 0 Å². The van der Waals surface area contributed by atoms with Crippen molar-refractivity contribution in [1.82, 2.24) is 4.90 Å². The van der Waals surface area contributed by atoms with Gasteiger partial charge >= 0.3 is 0 Å². The minimum absolute atomic E-state index is 0.192. The summed E-state index contributed by atoms with van der Waals surface area (Å²) in [6.07, 6.45) is 1.08. The van der Waals surface area contributed by atoms with Crippen molar-refractivity contribution in [3.05, 3.63) is 11.6 Å². The van der Waals surface area contributed by atoms with Gasteiger partial charge in [-0.05, 0) is 20.8 Å². The average molecular weight is 215 g/mol. The molecular formula is C9H13NO5. The summed E-state index contributed by atoms with van der Waals surface area (Å²) in [6.45, 7) is 3.79. The maximum absolute atomic E-state index is 11.5. The van der Waals surface area contributed by atoms with Crippen molar-refractivity contribution in [3.63, 3.8) is 0 Å². The Bertz CT molecular complexity index is 350. The van der Waals surface area contributed by atoms with Crippen LogP contribution in [-0.2, 0) is 9.59 Å². The van der Waals surface area contributed by atoms with Crippen LogP contribution in [0.1, 0.15) is 20.8 Å². The summed E-state index contributed by atoms with van der Waals surface area (Å²) >= 11 is 0. The molecule has 0 aromatic carbocycles. The third kappa shape index (κ3) is 1.67. The van der Waals surface area contributed by atoms with Crippen LogP contribution in [0.25, 0.3) is 0 Å². The SMILES string of the molecule is CC1=CC(=O)N(C(C)(C)C(O)(O)O)C1=O. The van der Waals surface area contributed by atoms with E-state index in [-0.39, 0.29) is 5.57 Å². The van der Waals surface area contributed by atoms with Crippen molar-refractivity contribution in [2.75, 3.05) is 0 Å². The van der Waals surface area contributed by atoms with Crippen LogP contribution in [0.15, 0.2) is 11.6 Å². The topological polar surface area (TPSA) is 98.1 Å². The highest BCUT2D eigenvalue weighted by atomic mass is 16.7. The first-order valence-electron chi connectivity index (χ1n) is 4.33. The van der Waals surface area contributed by atoms with E-state index in [1.807, 2.05) is 0 Å². The monoisotopic (exact) mass is 215 g/mol. The number of carbonyl (C=O) groups excluding carboxylic acids is 2. The van der Waals surface area contributed by atoms with E-state index in [0.29, 0.717) is 4.90 Å². The van der Waals surface area contributed by atoms with Crippen LogP contribution in [0.5, 0.6) is 0 Å². The van der Waals surface area contributed by atoms with E-state index >= 15 is 0 Å². The molecule has 0 aromatic rings. The predicted octanol–water partition coefficient (Wildman–Crippen LogP) is -1.29. The Labute approximate surface area is 86.4 Å². The molecule has 84 valence electrons. The van der Waals surface area contributed by atoms with Gasteiger partial charge in [0.25, 0.3) is 17.8 Å². The lowest BCUT2D eigenvalue weighted by Gasteiger charge is -2.39. The molecule has 6 nitrogen and oxygen atoms in total. The van der Waals surface area contributed by atoms with Crippen molar-refractivity contribution >= 4 is 11.8 Å². The molecule has 0 aliphatic carbocycles. The highest BCUT2D eigenvalue weighted by Crippen LogP contribution is 2.29. The van der Waals surface area contributed by atoms with Crippen molar-refractivity contribution in [2.45, 2.75) is 32.3 Å². The number of hydrogen-bond donors (Lipinski definition) is 3. The van der Waals surface area contributed by atoms with Gasteiger partial charge in [-0.1, -0.05) is 0 Å². The van der Waals surface area contributed by atoms with Crippen LogP contribution in [-0.4, -0.2) is 43.5 Å². The number of aliphatic hydroxyl groups is 3. The molecular weight excluding hydrogens is 202 g/mol. The van der Waals surface area contributed by atoms with E-state index in [0.717, 1.165) is 6.08 Å². The summed E-state index contributed by atoms with van der Waals surface area (Å²) in [4.78, 5) is 23.5. The maximum atomic E-state index is 11.5. The molecule has 0 atom stereocenters. The molecule has 0 fully saturated rings. The molecule has 15 heavy (non-hydrogen) atoms. The van der Waals surface area contributed by atoms with Gasteiger partial charge in [-0.2, -0.15) is 0 Å². The van der Waals surface area contributed by atoms with Gasteiger partial charge in [0.1, 0.15) is 5.54 Å². The molecule has 0 aromatic heterocycles. The van der Waals surface area contributed by atoms with Gasteiger partial charge in [0.2, 0.25) is 0 Å². The zero-order valence-electron chi connectivity index (χ0n) is 8.68. The van der Waals surface area contributed by atoms with E-state index in [9.17, 15) is 9.59 Å². The minimum atomic E-state index is -3.14. The Morgan fingerprint density at radius 2 is 1.67 bits per heavy atom. The number of nitrogens with zero attached hydrogens (tertiary/aromatic N) is 1. The Hall–Kier alpha value is -1.24. The second kappa shape index (κ2) is 3.13. The second-order valence-electron chi connectivity index (χ2n) is 4.00. The van der Waals surface area contributed by atoms with E-state index in [2.05, 4.69) is 0 Å². The highest BCUT2D eigenvalue weighted by molar-refractivity contribution is 6.16. The van der Waals surface area contributed by atoms with Gasteiger partial charge in [-0.25, -0.2) is 0 Å². The minimum Gasteiger partial charge on any atom is -0.342 e.